The number of thioether (sulfide) groups is 1. The maximum absolute atomic E-state index is 12.6. The number of imide groups is 1. The Hall–Kier alpha value is -1.36. The molecule has 0 bridgehead atoms. The zero-order valence-electron chi connectivity index (χ0n) is 18.8. The summed E-state index contributed by atoms with van der Waals surface area (Å²) in [6.45, 7) is 2.31. The number of hydrogen-bond acceptors (Lipinski definition) is 8. The van der Waals surface area contributed by atoms with E-state index in [1.54, 1.807) is 18.2 Å². The molecule has 2 aliphatic heterocycles. The number of amides is 3. The van der Waals surface area contributed by atoms with E-state index in [1.165, 1.54) is 54.2 Å². The van der Waals surface area contributed by atoms with Crippen molar-refractivity contribution in [1.82, 2.24) is 15.5 Å². The number of aromatic hydroxyl groups is 1. The van der Waals surface area contributed by atoms with Gasteiger partial charge in [-0.15, -0.1) is 11.8 Å². The van der Waals surface area contributed by atoms with Gasteiger partial charge < -0.3 is 15.7 Å². The molecule has 2 saturated heterocycles. The Bertz CT molecular complexity index is 805. The van der Waals surface area contributed by atoms with Gasteiger partial charge in [0.25, 0.3) is 5.91 Å². The van der Waals surface area contributed by atoms with Crippen molar-refractivity contribution in [1.29, 1.82) is 0 Å². The summed E-state index contributed by atoms with van der Waals surface area (Å²) in [7, 11) is 4.03. The van der Waals surface area contributed by atoms with E-state index in [0.29, 0.717) is 25.4 Å². The summed E-state index contributed by atoms with van der Waals surface area (Å²) in [5.41, 5.74) is 0.222. The molecule has 3 rings (SSSR count). The lowest BCUT2D eigenvalue weighted by Crippen LogP contribution is -2.37. The topological polar surface area (TPSA) is 98.7 Å². The highest BCUT2D eigenvalue weighted by molar-refractivity contribution is 8.77. The molecule has 0 aromatic heterocycles. The predicted octanol–water partition coefficient (Wildman–Crippen LogP) is 3.29. The van der Waals surface area contributed by atoms with Crippen LogP contribution >= 0.6 is 33.3 Å². The van der Waals surface area contributed by atoms with Crippen molar-refractivity contribution in [2.45, 2.75) is 49.0 Å². The number of nitrogens with one attached hydrogen (secondary N) is 2. The lowest BCUT2D eigenvalue weighted by molar-refractivity contribution is -0.138. The Kier molecular flexibility index (Phi) is 11.2. The van der Waals surface area contributed by atoms with E-state index in [9.17, 15) is 19.5 Å². The second-order valence-electron chi connectivity index (χ2n) is 8.15. The van der Waals surface area contributed by atoms with Crippen molar-refractivity contribution in [3.63, 3.8) is 0 Å². The molecule has 1 aromatic carbocycles. The van der Waals surface area contributed by atoms with Crippen LogP contribution in [0.1, 0.15) is 48.9 Å². The summed E-state index contributed by atoms with van der Waals surface area (Å²) in [5, 5.41) is 16.3. The van der Waals surface area contributed by atoms with E-state index < -0.39 is 0 Å². The number of para-hydroxylation sites is 1. The Labute approximate surface area is 208 Å². The third-order valence-corrected chi connectivity index (χ3v) is 9.89. The molecule has 182 valence electrons. The van der Waals surface area contributed by atoms with E-state index in [0.717, 1.165) is 18.2 Å². The summed E-state index contributed by atoms with van der Waals surface area (Å²) >= 11 is 1.39. The van der Waals surface area contributed by atoms with Gasteiger partial charge in [0.05, 0.1) is 10.8 Å². The van der Waals surface area contributed by atoms with Crippen LogP contribution in [0, 0.1) is 0 Å². The van der Waals surface area contributed by atoms with Crippen LogP contribution in [0.3, 0.4) is 0 Å². The smallest absolute Gasteiger partial charge is 0.255 e. The van der Waals surface area contributed by atoms with Crippen LogP contribution in [0.4, 0.5) is 0 Å². The zero-order valence-corrected chi connectivity index (χ0v) is 21.2. The molecule has 2 atom stereocenters. The van der Waals surface area contributed by atoms with Gasteiger partial charge >= 0.3 is 0 Å². The molecule has 0 aliphatic carbocycles. The predicted molar refractivity (Wildman–Crippen MR) is 138 cm³/mol. The van der Waals surface area contributed by atoms with E-state index >= 15 is 0 Å². The Morgan fingerprint density at radius 2 is 2.00 bits per heavy atom. The molecule has 7 nitrogen and oxygen atoms in total. The summed E-state index contributed by atoms with van der Waals surface area (Å²) in [6, 6.07) is 6.36. The molecule has 3 N–H and O–H groups in total. The SMILES string of the molecule is O=C(NCCSC1CC(=O)N(CCNCCCCCC2CCSS2)C1=O)c1ccccc1O. The number of benzene rings is 1. The van der Waals surface area contributed by atoms with Crippen molar-refractivity contribution in [2.24, 2.45) is 0 Å². The fourth-order valence-corrected chi connectivity index (χ4v) is 7.89. The molecule has 33 heavy (non-hydrogen) atoms. The molecular weight excluding hydrogens is 478 g/mol. The van der Waals surface area contributed by atoms with Crippen LogP contribution in [0.5, 0.6) is 5.75 Å². The first kappa shape index (κ1) is 26.2. The normalized spacial score (nSPS) is 20.5. The summed E-state index contributed by atoms with van der Waals surface area (Å²) in [5.74, 6) is 1.14. The number of likely N-dealkylation sites (tertiary alicyclic amines) is 1. The van der Waals surface area contributed by atoms with Crippen LogP contribution in [-0.4, -0.2) is 75.9 Å². The minimum absolute atomic E-state index is 0.0640. The van der Waals surface area contributed by atoms with Gasteiger partial charge in [-0.1, -0.05) is 46.6 Å². The van der Waals surface area contributed by atoms with E-state index in [-0.39, 0.29) is 40.7 Å². The van der Waals surface area contributed by atoms with Crippen LogP contribution in [0.15, 0.2) is 24.3 Å². The number of rotatable bonds is 14. The lowest BCUT2D eigenvalue weighted by Gasteiger charge is -2.15. The molecule has 1 aromatic rings. The molecule has 0 spiro atoms. The summed E-state index contributed by atoms with van der Waals surface area (Å²) in [4.78, 5) is 38.3. The maximum atomic E-state index is 12.6. The fraction of sp³-hybridized carbons (Fsp3) is 0.609. The monoisotopic (exact) mass is 511 g/mol. The Morgan fingerprint density at radius 1 is 1.15 bits per heavy atom. The zero-order chi connectivity index (χ0) is 23.5. The minimum atomic E-state index is -0.383. The second kappa shape index (κ2) is 14.1. The largest absolute Gasteiger partial charge is 0.507 e. The van der Waals surface area contributed by atoms with Crippen molar-refractivity contribution < 1.29 is 19.5 Å². The first-order valence-corrected chi connectivity index (χ1v) is 15.0. The van der Waals surface area contributed by atoms with Crippen molar-refractivity contribution in [3.05, 3.63) is 29.8 Å². The van der Waals surface area contributed by atoms with Gasteiger partial charge in [0.2, 0.25) is 11.8 Å². The minimum Gasteiger partial charge on any atom is -0.507 e. The molecule has 2 aliphatic rings. The van der Waals surface area contributed by atoms with Crippen LogP contribution in [0.2, 0.25) is 0 Å². The molecule has 10 heteroatoms. The molecule has 0 saturated carbocycles. The number of carbonyl (C=O) groups is 3. The van der Waals surface area contributed by atoms with E-state index in [1.807, 2.05) is 21.6 Å². The average Bonchev–Trinajstić information content (AvgIpc) is 3.42. The van der Waals surface area contributed by atoms with Gasteiger partial charge in [-0.05, 0) is 37.9 Å². The molecule has 3 amide bonds. The van der Waals surface area contributed by atoms with E-state index in [4.69, 9.17) is 0 Å². The number of unbranched alkanes of at least 4 members (excludes halogenated alkanes) is 2. The summed E-state index contributed by atoms with van der Waals surface area (Å²) in [6.07, 6.45) is 6.49. The molecule has 2 fully saturated rings. The number of phenolic OH excluding ortho intramolecular Hbond substituents is 1. The number of phenols is 1. The van der Waals surface area contributed by atoms with Crippen molar-refractivity contribution >= 4 is 51.1 Å². The van der Waals surface area contributed by atoms with Gasteiger partial charge in [-0.25, -0.2) is 0 Å². The standard InChI is InChI=1S/C23H33N3O4S3/c27-19-8-4-3-7-18(19)22(29)25-12-15-31-20-16-21(28)26(23(20)30)13-11-24-10-5-1-2-6-17-9-14-32-33-17/h3-4,7-8,17,20,24,27H,1-2,5-6,9-16H2,(H,25,29). The lowest BCUT2D eigenvalue weighted by atomic mass is 10.1. The van der Waals surface area contributed by atoms with Gasteiger partial charge in [0, 0.05) is 42.8 Å². The highest BCUT2D eigenvalue weighted by atomic mass is 33.1. The van der Waals surface area contributed by atoms with Crippen LogP contribution in [-0.2, 0) is 9.59 Å². The second-order valence-corrected chi connectivity index (χ2v) is 12.2. The van der Waals surface area contributed by atoms with Crippen LogP contribution in [0.25, 0.3) is 0 Å². The molecule has 2 unspecified atom stereocenters. The average molecular weight is 512 g/mol. The van der Waals surface area contributed by atoms with Gasteiger partial charge in [-0.3, -0.25) is 19.3 Å². The van der Waals surface area contributed by atoms with Crippen molar-refractivity contribution in [3.8, 4) is 5.75 Å². The third kappa shape index (κ3) is 8.42. The highest BCUT2D eigenvalue weighted by Gasteiger charge is 2.38. The number of hydrogen-bond donors (Lipinski definition) is 3. The van der Waals surface area contributed by atoms with Gasteiger partial charge in [0.1, 0.15) is 5.75 Å². The van der Waals surface area contributed by atoms with Crippen LogP contribution < -0.4 is 10.6 Å². The van der Waals surface area contributed by atoms with E-state index in [2.05, 4.69) is 10.6 Å². The maximum Gasteiger partial charge on any atom is 0.255 e. The molecular formula is C23H33N3O4S3. The summed E-state index contributed by atoms with van der Waals surface area (Å²) < 4.78 is 0. The van der Waals surface area contributed by atoms with Gasteiger partial charge in [-0.2, -0.15) is 0 Å². The third-order valence-electron chi connectivity index (χ3n) is 5.68. The molecule has 0 radical (unpaired) electrons. The number of carbonyl (C=O) groups excluding carboxylic acids is 3. The van der Waals surface area contributed by atoms with Gasteiger partial charge in [0.15, 0.2) is 0 Å². The first-order valence-electron chi connectivity index (χ1n) is 11.6. The fourth-order valence-electron chi connectivity index (χ4n) is 3.82. The number of nitrogens with zero attached hydrogens (tertiary/aromatic N) is 1. The van der Waals surface area contributed by atoms with Crippen molar-refractivity contribution in [2.75, 3.05) is 37.7 Å². The quantitative estimate of drug-likeness (QED) is 0.199. The Morgan fingerprint density at radius 3 is 2.79 bits per heavy atom. The molecule has 2 heterocycles. The highest BCUT2D eigenvalue weighted by Crippen LogP contribution is 2.39. The first-order chi connectivity index (χ1) is 16.1. The Balaban J connectivity index is 1.24.